The van der Waals surface area contributed by atoms with Crippen molar-refractivity contribution in [2.45, 2.75) is 59.2 Å². The quantitative estimate of drug-likeness (QED) is 0.385. The molecule has 0 spiro atoms. The summed E-state index contributed by atoms with van der Waals surface area (Å²) in [6.07, 6.45) is 4.03. The van der Waals surface area contributed by atoms with Crippen LogP contribution < -0.4 is 10.6 Å². The Morgan fingerprint density at radius 2 is 1.92 bits per heavy atom. The Bertz CT molecular complexity index is 530. The van der Waals surface area contributed by atoms with Crippen LogP contribution >= 0.6 is 24.0 Å². The summed E-state index contributed by atoms with van der Waals surface area (Å²) in [5.74, 6) is 1.49. The molecule has 25 heavy (non-hydrogen) atoms. The molecule has 0 bridgehead atoms. The van der Waals surface area contributed by atoms with E-state index in [0.717, 1.165) is 25.6 Å². The molecule has 1 aliphatic rings. The summed E-state index contributed by atoms with van der Waals surface area (Å²) >= 11 is 0. The maximum atomic E-state index is 4.32. The van der Waals surface area contributed by atoms with E-state index in [0.29, 0.717) is 12.0 Å². The van der Waals surface area contributed by atoms with Crippen LogP contribution in [0.1, 0.15) is 51.2 Å². The maximum Gasteiger partial charge on any atom is 0.191 e. The molecule has 1 aliphatic heterocycles. The van der Waals surface area contributed by atoms with E-state index in [-0.39, 0.29) is 24.0 Å². The zero-order valence-electron chi connectivity index (χ0n) is 16.2. The topological polar surface area (TPSA) is 39.7 Å². The van der Waals surface area contributed by atoms with E-state index in [1.807, 2.05) is 7.05 Å². The Morgan fingerprint density at radius 1 is 1.20 bits per heavy atom. The van der Waals surface area contributed by atoms with Gasteiger partial charge in [0.15, 0.2) is 5.96 Å². The van der Waals surface area contributed by atoms with Crippen LogP contribution in [0.4, 0.5) is 0 Å². The predicted octanol–water partition coefficient (Wildman–Crippen LogP) is 4.00. The minimum Gasteiger partial charge on any atom is -0.356 e. The van der Waals surface area contributed by atoms with Crippen molar-refractivity contribution in [2.24, 2.45) is 10.9 Å². The average Bonchev–Trinajstić information content (AvgIpc) is 2.58. The van der Waals surface area contributed by atoms with Crippen molar-refractivity contribution in [1.29, 1.82) is 0 Å². The number of guanidine groups is 1. The molecule has 1 saturated heterocycles. The number of piperidine rings is 1. The van der Waals surface area contributed by atoms with Crippen LogP contribution in [0.2, 0.25) is 0 Å². The number of nitrogens with one attached hydrogen (secondary N) is 2. The zero-order chi connectivity index (χ0) is 17.4. The first-order chi connectivity index (χ1) is 11.6. The molecule has 1 atom stereocenters. The number of aliphatic imine (C=N–C) groups is 1. The molecule has 5 heteroatoms. The van der Waals surface area contributed by atoms with Crippen molar-refractivity contribution in [3.8, 4) is 0 Å². The lowest BCUT2D eigenvalue weighted by molar-refractivity contribution is 0.152. The van der Waals surface area contributed by atoms with Gasteiger partial charge in [-0.15, -0.1) is 24.0 Å². The molecule has 0 saturated carbocycles. The van der Waals surface area contributed by atoms with Gasteiger partial charge in [0, 0.05) is 32.7 Å². The molecule has 1 fully saturated rings. The first kappa shape index (κ1) is 22.2. The van der Waals surface area contributed by atoms with Crippen LogP contribution in [-0.2, 0) is 13.1 Å². The Balaban J connectivity index is 0.00000312. The minimum atomic E-state index is 0. The molecule has 1 unspecified atom stereocenters. The van der Waals surface area contributed by atoms with E-state index in [1.54, 1.807) is 0 Å². The van der Waals surface area contributed by atoms with Crippen LogP contribution in [0.15, 0.2) is 29.3 Å². The highest BCUT2D eigenvalue weighted by Gasteiger charge is 2.19. The molecule has 1 aromatic rings. The third kappa shape index (κ3) is 7.52. The van der Waals surface area contributed by atoms with Gasteiger partial charge in [-0.25, -0.2) is 0 Å². The first-order valence-corrected chi connectivity index (χ1v) is 9.35. The van der Waals surface area contributed by atoms with Gasteiger partial charge < -0.3 is 10.6 Å². The van der Waals surface area contributed by atoms with Gasteiger partial charge in [-0.1, -0.05) is 44.5 Å². The second-order valence-corrected chi connectivity index (χ2v) is 7.28. The van der Waals surface area contributed by atoms with E-state index in [9.17, 15) is 0 Å². The summed E-state index contributed by atoms with van der Waals surface area (Å²) in [6.45, 7) is 10.8. The number of hydrogen-bond acceptors (Lipinski definition) is 2. The summed E-state index contributed by atoms with van der Waals surface area (Å²) in [6, 6.07) is 9.47. The fraction of sp³-hybridized carbons (Fsp3) is 0.650. The van der Waals surface area contributed by atoms with Gasteiger partial charge in [0.25, 0.3) is 0 Å². The number of rotatable bonds is 6. The lowest BCUT2D eigenvalue weighted by atomic mass is 10.0. The molecule has 4 nitrogen and oxygen atoms in total. The Kier molecular flexibility index (Phi) is 10.4. The average molecular weight is 458 g/mol. The van der Waals surface area contributed by atoms with Crippen LogP contribution in [0.5, 0.6) is 0 Å². The minimum absolute atomic E-state index is 0. The van der Waals surface area contributed by atoms with E-state index in [2.05, 4.69) is 65.6 Å². The lowest BCUT2D eigenvalue weighted by Gasteiger charge is -2.33. The Labute approximate surface area is 170 Å². The second-order valence-electron chi connectivity index (χ2n) is 7.28. The standard InChI is InChI=1S/C20H34N4.HI/c1-16(2)13-22-20(21-4)23-14-18-10-5-6-11-19(18)15-24-12-8-7-9-17(24)3;/h5-6,10-11,16-17H,7-9,12-15H2,1-4H3,(H2,21,22,23);1H. The van der Waals surface area contributed by atoms with Crippen molar-refractivity contribution in [3.63, 3.8) is 0 Å². The van der Waals surface area contributed by atoms with Gasteiger partial charge >= 0.3 is 0 Å². The summed E-state index contributed by atoms with van der Waals surface area (Å²) in [7, 11) is 1.83. The van der Waals surface area contributed by atoms with Crippen molar-refractivity contribution in [2.75, 3.05) is 20.1 Å². The molecule has 0 aliphatic carbocycles. The summed E-state index contributed by atoms with van der Waals surface area (Å²) in [5, 5.41) is 6.83. The molecule has 2 N–H and O–H groups in total. The number of benzene rings is 1. The smallest absolute Gasteiger partial charge is 0.191 e. The molecule has 0 radical (unpaired) electrons. The van der Waals surface area contributed by atoms with Gasteiger partial charge in [0.05, 0.1) is 0 Å². The van der Waals surface area contributed by atoms with Crippen LogP contribution in [-0.4, -0.2) is 37.0 Å². The third-order valence-corrected chi connectivity index (χ3v) is 4.78. The molecule has 142 valence electrons. The highest BCUT2D eigenvalue weighted by molar-refractivity contribution is 14.0. The van der Waals surface area contributed by atoms with Crippen LogP contribution in [0.3, 0.4) is 0 Å². The summed E-state index contributed by atoms with van der Waals surface area (Å²) in [4.78, 5) is 6.94. The largest absolute Gasteiger partial charge is 0.356 e. The van der Waals surface area contributed by atoms with Gasteiger partial charge in [0.1, 0.15) is 0 Å². The first-order valence-electron chi connectivity index (χ1n) is 9.35. The van der Waals surface area contributed by atoms with Crippen molar-refractivity contribution in [1.82, 2.24) is 15.5 Å². The normalized spacial score (nSPS) is 18.8. The Morgan fingerprint density at radius 3 is 2.56 bits per heavy atom. The predicted molar refractivity (Wildman–Crippen MR) is 119 cm³/mol. The third-order valence-electron chi connectivity index (χ3n) is 4.78. The monoisotopic (exact) mass is 458 g/mol. The molecule has 1 heterocycles. The fourth-order valence-electron chi connectivity index (χ4n) is 3.20. The van der Waals surface area contributed by atoms with Crippen molar-refractivity contribution < 1.29 is 0 Å². The van der Waals surface area contributed by atoms with Crippen LogP contribution in [0, 0.1) is 5.92 Å². The van der Waals surface area contributed by atoms with Gasteiger partial charge in [-0.3, -0.25) is 9.89 Å². The summed E-state index contributed by atoms with van der Waals surface area (Å²) < 4.78 is 0. The molecule has 2 rings (SSSR count). The maximum absolute atomic E-state index is 4.32. The SMILES string of the molecule is CN=C(NCc1ccccc1CN1CCCCC1C)NCC(C)C.I. The number of nitrogens with zero attached hydrogens (tertiary/aromatic N) is 2. The lowest BCUT2D eigenvalue weighted by Crippen LogP contribution is -2.39. The number of halogens is 1. The molecular weight excluding hydrogens is 423 g/mol. The van der Waals surface area contributed by atoms with E-state index < -0.39 is 0 Å². The zero-order valence-corrected chi connectivity index (χ0v) is 18.5. The van der Waals surface area contributed by atoms with Gasteiger partial charge in [0.2, 0.25) is 0 Å². The van der Waals surface area contributed by atoms with E-state index in [4.69, 9.17) is 0 Å². The highest BCUT2D eigenvalue weighted by Crippen LogP contribution is 2.20. The molecule has 0 aromatic heterocycles. The molecule has 1 aromatic carbocycles. The van der Waals surface area contributed by atoms with Gasteiger partial charge in [-0.05, 0) is 43.4 Å². The second kappa shape index (κ2) is 11.7. The fourth-order valence-corrected chi connectivity index (χ4v) is 3.20. The number of hydrogen-bond donors (Lipinski definition) is 2. The van der Waals surface area contributed by atoms with Crippen LogP contribution in [0.25, 0.3) is 0 Å². The van der Waals surface area contributed by atoms with Gasteiger partial charge in [-0.2, -0.15) is 0 Å². The molecular formula is C20H35IN4. The van der Waals surface area contributed by atoms with Crippen molar-refractivity contribution in [3.05, 3.63) is 35.4 Å². The molecule has 0 amide bonds. The van der Waals surface area contributed by atoms with E-state index >= 15 is 0 Å². The number of likely N-dealkylation sites (tertiary alicyclic amines) is 1. The Hall–Kier alpha value is -0.820. The highest BCUT2D eigenvalue weighted by atomic mass is 127. The van der Waals surface area contributed by atoms with E-state index in [1.165, 1.54) is 36.9 Å². The summed E-state index contributed by atoms with van der Waals surface area (Å²) in [5.41, 5.74) is 2.79. The van der Waals surface area contributed by atoms with Crippen molar-refractivity contribution >= 4 is 29.9 Å².